The molecule has 0 aromatic carbocycles. The molecule has 0 aromatic heterocycles. The number of carbonyl (C=O) groups excluding carboxylic acids is 1. The number of ether oxygens (including phenoxy) is 2. The molecule has 3 nitrogen and oxygen atoms in total. The minimum atomic E-state index is 0.0439. The van der Waals surface area contributed by atoms with Crippen LogP contribution in [0.15, 0.2) is 17.4 Å². The van der Waals surface area contributed by atoms with E-state index in [1.54, 1.807) is 14.0 Å². The summed E-state index contributed by atoms with van der Waals surface area (Å²) >= 11 is 0. The third-order valence-corrected chi connectivity index (χ3v) is 3.22. The third-order valence-electron chi connectivity index (χ3n) is 3.22. The lowest BCUT2D eigenvalue weighted by molar-refractivity contribution is -0.112. The molecule has 0 N–H and O–H groups in total. The van der Waals surface area contributed by atoms with E-state index in [2.05, 4.69) is 19.6 Å². The molecule has 0 radical (unpaired) electrons. The molecular formula is C13H20O3. The second kappa shape index (κ2) is 5.44. The number of methoxy groups -OCH3 is 1. The van der Waals surface area contributed by atoms with Crippen LogP contribution in [0.3, 0.4) is 0 Å². The zero-order valence-electron chi connectivity index (χ0n) is 10.5. The van der Waals surface area contributed by atoms with Crippen molar-refractivity contribution in [3.8, 4) is 0 Å². The molecule has 90 valence electrons. The highest BCUT2D eigenvalue weighted by atomic mass is 16.7. The van der Waals surface area contributed by atoms with Gasteiger partial charge in [-0.15, -0.1) is 5.73 Å². The highest BCUT2D eigenvalue weighted by molar-refractivity contribution is 5.87. The fourth-order valence-electron chi connectivity index (χ4n) is 1.85. The van der Waals surface area contributed by atoms with E-state index in [1.807, 2.05) is 0 Å². The van der Waals surface area contributed by atoms with Crippen LogP contribution in [0.1, 0.15) is 27.2 Å². The van der Waals surface area contributed by atoms with Crippen LogP contribution in [0.25, 0.3) is 0 Å². The van der Waals surface area contributed by atoms with Crippen molar-refractivity contribution < 1.29 is 14.3 Å². The van der Waals surface area contributed by atoms with Crippen molar-refractivity contribution in [2.75, 3.05) is 20.5 Å². The standard InChI is InChI=1S/C13H20O3/c1-10(14)5-6-11-7-12(13(11,2)3)8-16-9-15-4/h5,12H,7-9H2,1-4H3. The van der Waals surface area contributed by atoms with Crippen LogP contribution in [-0.2, 0) is 14.3 Å². The lowest BCUT2D eigenvalue weighted by Gasteiger charge is -2.46. The van der Waals surface area contributed by atoms with E-state index in [0.29, 0.717) is 19.3 Å². The molecule has 3 heteroatoms. The first kappa shape index (κ1) is 13.2. The lowest BCUT2D eigenvalue weighted by atomic mass is 9.59. The van der Waals surface area contributed by atoms with Crippen LogP contribution in [0.4, 0.5) is 0 Å². The molecule has 0 aromatic rings. The third kappa shape index (κ3) is 3.05. The summed E-state index contributed by atoms with van der Waals surface area (Å²) in [5.41, 5.74) is 4.37. The van der Waals surface area contributed by atoms with Crippen LogP contribution in [0.5, 0.6) is 0 Å². The summed E-state index contributed by atoms with van der Waals surface area (Å²) in [5.74, 6) is 0.535. The Kier molecular flexibility index (Phi) is 4.48. The molecular weight excluding hydrogens is 204 g/mol. The maximum Gasteiger partial charge on any atom is 0.160 e. The number of hydrogen-bond acceptors (Lipinski definition) is 3. The van der Waals surface area contributed by atoms with Crippen LogP contribution in [0, 0.1) is 11.3 Å². The van der Waals surface area contributed by atoms with Gasteiger partial charge in [-0.2, -0.15) is 0 Å². The average molecular weight is 224 g/mol. The Bertz CT molecular complexity index is 322. The molecule has 16 heavy (non-hydrogen) atoms. The van der Waals surface area contributed by atoms with Crippen LogP contribution in [0.2, 0.25) is 0 Å². The van der Waals surface area contributed by atoms with Crippen molar-refractivity contribution in [3.63, 3.8) is 0 Å². The van der Waals surface area contributed by atoms with Gasteiger partial charge in [0.25, 0.3) is 0 Å². The van der Waals surface area contributed by atoms with E-state index in [-0.39, 0.29) is 11.2 Å². The van der Waals surface area contributed by atoms with Gasteiger partial charge in [0.1, 0.15) is 6.79 Å². The molecule has 1 aliphatic carbocycles. The number of carbonyl (C=O) groups is 1. The topological polar surface area (TPSA) is 35.5 Å². The van der Waals surface area contributed by atoms with Crippen molar-refractivity contribution >= 4 is 5.78 Å². The average Bonchev–Trinajstić information content (AvgIpc) is 2.20. The maximum absolute atomic E-state index is 10.8. The monoisotopic (exact) mass is 224 g/mol. The molecule has 1 fully saturated rings. The highest BCUT2D eigenvalue weighted by Crippen LogP contribution is 2.50. The van der Waals surface area contributed by atoms with Crippen molar-refractivity contribution in [1.82, 2.24) is 0 Å². The fourth-order valence-corrected chi connectivity index (χ4v) is 1.85. The molecule has 0 aliphatic heterocycles. The first-order valence-electron chi connectivity index (χ1n) is 5.51. The van der Waals surface area contributed by atoms with Crippen molar-refractivity contribution in [2.24, 2.45) is 11.3 Å². The minimum Gasteiger partial charge on any atom is -0.359 e. The highest BCUT2D eigenvalue weighted by Gasteiger charge is 2.43. The zero-order chi connectivity index (χ0) is 12.2. The normalized spacial score (nSPS) is 22.2. The van der Waals surface area contributed by atoms with Crippen LogP contribution >= 0.6 is 0 Å². The summed E-state index contributed by atoms with van der Waals surface area (Å²) in [7, 11) is 1.62. The number of ketones is 1. The second-order valence-corrected chi connectivity index (χ2v) is 4.78. The summed E-state index contributed by atoms with van der Waals surface area (Å²) in [4.78, 5) is 10.8. The molecule has 0 bridgehead atoms. The molecule has 1 aliphatic rings. The van der Waals surface area contributed by atoms with Gasteiger partial charge < -0.3 is 9.47 Å². The SMILES string of the molecule is COCOCC1CC(=C=CC(C)=O)C1(C)C. The van der Waals surface area contributed by atoms with Crippen molar-refractivity contribution in [3.05, 3.63) is 17.4 Å². The number of hydrogen-bond donors (Lipinski definition) is 0. The first-order chi connectivity index (χ1) is 7.48. The Balaban J connectivity index is 2.53. The quantitative estimate of drug-likeness (QED) is 0.311. The summed E-state index contributed by atoms with van der Waals surface area (Å²) in [6.07, 6.45) is 2.48. The molecule has 0 heterocycles. The summed E-state index contributed by atoms with van der Waals surface area (Å²) < 4.78 is 10.2. The van der Waals surface area contributed by atoms with Crippen molar-refractivity contribution in [2.45, 2.75) is 27.2 Å². The maximum atomic E-state index is 10.8. The van der Waals surface area contributed by atoms with E-state index >= 15 is 0 Å². The van der Waals surface area contributed by atoms with E-state index in [1.165, 1.54) is 11.6 Å². The van der Waals surface area contributed by atoms with Gasteiger partial charge in [0, 0.05) is 13.2 Å². The first-order valence-corrected chi connectivity index (χ1v) is 5.51. The van der Waals surface area contributed by atoms with Crippen LogP contribution in [-0.4, -0.2) is 26.3 Å². The predicted molar refractivity (Wildman–Crippen MR) is 62.0 cm³/mol. The predicted octanol–water partition coefficient (Wildman–Crippen LogP) is 2.32. The van der Waals surface area contributed by atoms with Gasteiger partial charge in [-0.25, -0.2) is 0 Å². The Morgan fingerprint density at radius 3 is 2.81 bits per heavy atom. The van der Waals surface area contributed by atoms with Crippen molar-refractivity contribution in [1.29, 1.82) is 0 Å². The fraction of sp³-hybridized carbons (Fsp3) is 0.692. The Morgan fingerprint density at radius 2 is 2.31 bits per heavy atom. The summed E-state index contributed by atoms with van der Waals surface area (Å²) in [6, 6.07) is 0. The van der Waals surface area contributed by atoms with Gasteiger partial charge in [-0.05, 0) is 30.3 Å². The van der Waals surface area contributed by atoms with E-state index in [0.717, 1.165) is 6.42 Å². The van der Waals surface area contributed by atoms with Gasteiger partial charge >= 0.3 is 0 Å². The number of rotatable bonds is 5. The smallest absolute Gasteiger partial charge is 0.160 e. The molecule has 1 atom stereocenters. The lowest BCUT2D eigenvalue weighted by Crippen LogP contribution is -2.40. The molecule has 0 saturated heterocycles. The Labute approximate surface area is 97.1 Å². The number of allylic oxidation sites excluding steroid dienone is 1. The minimum absolute atomic E-state index is 0.0439. The molecule has 1 saturated carbocycles. The summed E-state index contributed by atoms with van der Waals surface area (Å²) in [5, 5.41) is 0. The molecule has 1 unspecified atom stereocenters. The van der Waals surface area contributed by atoms with Gasteiger partial charge in [0.15, 0.2) is 5.78 Å². The molecule has 0 amide bonds. The molecule has 0 spiro atoms. The summed E-state index contributed by atoms with van der Waals surface area (Å²) in [6.45, 7) is 6.90. The van der Waals surface area contributed by atoms with E-state index in [9.17, 15) is 4.79 Å². The van der Waals surface area contributed by atoms with E-state index < -0.39 is 0 Å². The second-order valence-electron chi connectivity index (χ2n) is 4.78. The van der Waals surface area contributed by atoms with Gasteiger partial charge in [-0.3, -0.25) is 4.79 Å². The van der Waals surface area contributed by atoms with Gasteiger partial charge in [-0.1, -0.05) is 13.8 Å². The van der Waals surface area contributed by atoms with E-state index in [4.69, 9.17) is 9.47 Å². The molecule has 1 rings (SSSR count). The van der Waals surface area contributed by atoms with Gasteiger partial charge in [0.05, 0.1) is 6.61 Å². The largest absolute Gasteiger partial charge is 0.359 e. The zero-order valence-corrected chi connectivity index (χ0v) is 10.5. The Morgan fingerprint density at radius 1 is 1.62 bits per heavy atom. The van der Waals surface area contributed by atoms with Gasteiger partial charge in [0.2, 0.25) is 0 Å². The van der Waals surface area contributed by atoms with Crippen LogP contribution < -0.4 is 0 Å². The Hall–Kier alpha value is -0.890.